The van der Waals surface area contributed by atoms with Crippen LogP contribution in [0, 0.1) is 0 Å². The van der Waals surface area contributed by atoms with E-state index >= 15 is 0 Å². The molecule has 3 aromatic rings. The number of para-hydroxylation sites is 6. The summed E-state index contributed by atoms with van der Waals surface area (Å²) in [5.41, 5.74) is 0. The molecule has 0 aromatic heterocycles. The van der Waals surface area contributed by atoms with Gasteiger partial charge in [0.25, 0.3) is 0 Å². The van der Waals surface area contributed by atoms with Gasteiger partial charge in [0.1, 0.15) is 0 Å². The van der Waals surface area contributed by atoms with Crippen LogP contribution in [0.3, 0.4) is 0 Å². The minimum atomic E-state index is -1.58. The van der Waals surface area contributed by atoms with Crippen LogP contribution in [0.2, 0.25) is 0 Å². The Morgan fingerprint density at radius 1 is 0.462 bits per heavy atom. The van der Waals surface area contributed by atoms with Crippen molar-refractivity contribution >= 4 is 17.2 Å². The Kier molecular flexibility index (Phi) is 3.93. The Morgan fingerprint density at radius 2 is 0.769 bits per heavy atom. The van der Waals surface area contributed by atoms with Crippen LogP contribution < -0.4 is 27.1 Å². The predicted octanol–water partition coefficient (Wildman–Crippen LogP) is 5.84. The molecule has 2 heterocycles. The van der Waals surface area contributed by atoms with Crippen LogP contribution in [0.4, 0.5) is 0 Å². The monoisotopic (exact) mass is 386 g/mol. The Bertz CT molecular complexity index is 824. The van der Waals surface area contributed by atoms with Crippen LogP contribution >= 0.6 is 17.2 Å². The first-order valence-corrected chi connectivity index (χ1v) is 9.99. The van der Waals surface area contributed by atoms with Gasteiger partial charge < -0.3 is 27.1 Å². The molecule has 6 nitrogen and oxygen atoms in total. The fourth-order valence-electron chi connectivity index (χ4n) is 2.40. The average Bonchev–Trinajstić information content (AvgIpc) is 3.26. The van der Waals surface area contributed by atoms with E-state index in [0.29, 0.717) is 34.5 Å². The first-order valence-electron chi connectivity index (χ1n) is 7.80. The molecular weight excluding hydrogens is 374 g/mol. The molecule has 0 N–H and O–H groups in total. The number of rotatable bonds is 4. The first kappa shape index (κ1) is 15.6. The van der Waals surface area contributed by atoms with Gasteiger partial charge in [-0.25, -0.2) is 0 Å². The van der Waals surface area contributed by atoms with Gasteiger partial charge in [-0.3, -0.25) is 0 Å². The quantitative estimate of drug-likeness (QED) is 0.525. The summed E-state index contributed by atoms with van der Waals surface area (Å²) in [7, 11) is -3.17. The zero-order chi connectivity index (χ0) is 17.3. The molecule has 0 atom stereocenters. The van der Waals surface area contributed by atoms with Crippen LogP contribution in [0.5, 0.6) is 34.5 Å². The van der Waals surface area contributed by atoms with E-state index in [9.17, 15) is 0 Å². The molecule has 0 unspecified atom stereocenters. The van der Waals surface area contributed by atoms with Crippen molar-refractivity contribution in [2.45, 2.75) is 0 Å². The van der Waals surface area contributed by atoms with Gasteiger partial charge in [-0.1, -0.05) is 36.4 Å². The first-order chi connectivity index (χ1) is 12.8. The average molecular weight is 386 g/mol. The molecule has 130 valence electrons. The molecule has 5 rings (SSSR count). The van der Waals surface area contributed by atoms with Crippen molar-refractivity contribution in [3.8, 4) is 34.5 Å². The summed E-state index contributed by atoms with van der Waals surface area (Å²) in [5, 5.41) is 0. The summed E-state index contributed by atoms with van der Waals surface area (Å²) >= 11 is 0. The third kappa shape index (κ3) is 2.98. The minimum Gasteiger partial charge on any atom is -0.405 e. The summed E-state index contributed by atoms with van der Waals surface area (Å²) in [6.45, 7) is 0. The van der Waals surface area contributed by atoms with Crippen LogP contribution in [-0.2, 0) is 0 Å². The highest BCUT2D eigenvalue weighted by molar-refractivity contribution is 7.44. The van der Waals surface area contributed by atoms with Crippen molar-refractivity contribution in [3.05, 3.63) is 72.8 Å². The fourth-order valence-corrected chi connectivity index (χ4v) is 4.49. The number of benzene rings is 3. The molecule has 0 spiro atoms. The Labute approximate surface area is 152 Å². The van der Waals surface area contributed by atoms with E-state index in [2.05, 4.69) is 0 Å². The lowest BCUT2D eigenvalue weighted by Crippen LogP contribution is -1.99. The van der Waals surface area contributed by atoms with Crippen LogP contribution in [0.25, 0.3) is 0 Å². The van der Waals surface area contributed by atoms with Crippen LogP contribution in [0.15, 0.2) is 72.8 Å². The normalized spacial score (nSPS) is 15.1. The maximum Gasteiger partial charge on any atom is 0.530 e. The smallest absolute Gasteiger partial charge is 0.405 e. The van der Waals surface area contributed by atoms with Crippen LogP contribution in [-0.4, -0.2) is 0 Å². The molecule has 0 saturated carbocycles. The number of hydrogen-bond donors (Lipinski definition) is 0. The molecular formula is C18H12O6P2. The van der Waals surface area contributed by atoms with Gasteiger partial charge in [0.15, 0.2) is 34.5 Å². The van der Waals surface area contributed by atoms with E-state index < -0.39 is 17.2 Å². The van der Waals surface area contributed by atoms with Crippen molar-refractivity contribution in [3.63, 3.8) is 0 Å². The zero-order valence-electron chi connectivity index (χ0n) is 13.3. The third-order valence-electron chi connectivity index (χ3n) is 3.58. The van der Waals surface area contributed by atoms with E-state index in [1.165, 1.54) is 0 Å². The van der Waals surface area contributed by atoms with Gasteiger partial charge in [-0.2, -0.15) is 0 Å². The fraction of sp³-hybridized carbons (Fsp3) is 0. The lowest BCUT2D eigenvalue weighted by Gasteiger charge is -2.14. The molecule has 0 fully saturated rings. The summed E-state index contributed by atoms with van der Waals surface area (Å²) in [5.74, 6) is 3.66. The summed E-state index contributed by atoms with van der Waals surface area (Å²) in [4.78, 5) is 0. The largest absolute Gasteiger partial charge is 0.530 e. The van der Waals surface area contributed by atoms with Gasteiger partial charge in [-0.05, 0) is 36.4 Å². The second-order valence-corrected chi connectivity index (χ2v) is 7.33. The molecule has 0 amide bonds. The zero-order valence-corrected chi connectivity index (χ0v) is 15.1. The predicted molar refractivity (Wildman–Crippen MR) is 96.9 cm³/mol. The highest BCUT2D eigenvalue weighted by atomic mass is 31.2. The van der Waals surface area contributed by atoms with Crippen molar-refractivity contribution in [1.82, 2.24) is 0 Å². The summed E-state index contributed by atoms with van der Waals surface area (Å²) in [6, 6.07) is 22.1. The molecule has 2 aliphatic heterocycles. The van der Waals surface area contributed by atoms with Gasteiger partial charge in [0.2, 0.25) is 0 Å². The maximum atomic E-state index is 5.87. The molecule has 26 heavy (non-hydrogen) atoms. The lowest BCUT2D eigenvalue weighted by molar-refractivity contribution is 0.401. The van der Waals surface area contributed by atoms with Gasteiger partial charge in [0, 0.05) is 0 Å². The van der Waals surface area contributed by atoms with E-state index in [1.807, 2.05) is 60.7 Å². The number of hydrogen-bond acceptors (Lipinski definition) is 6. The van der Waals surface area contributed by atoms with E-state index in [-0.39, 0.29) is 0 Å². The highest BCUT2D eigenvalue weighted by Gasteiger charge is 2.33. The van der Waals surface area contributed by atoms with Crippen LogP contribution in [0.1, 0.15) is 0 Å². The van der Waals surface area contributed by atoms with E-state index in [4.69, 9.17) is 27.1 Å². The van der Waals surface area contributed by atoms with Gasteiger partial charge >= 0.3 is 17.2 Å². The lowest BCUT2D eigenvalue weighted by atomic mass is 10.3. The van der Waals surface area contributed by atoms with Crippen molar-refractivity contribution in [2.24, 2.45) is 0 Å². The molecule has 3 aromatic carbocycles. The standard InChI is InChI=1S/C18H12O6P2/c1-2-8-14-13(7-1)19-25(20-14)23-17-11-5-6-12-18(17)24-26-21-15-9-3-4-10-16(15)22-26/h1-12H. The highest BCUT2D eigenvalue weighted by Crippen LogP contribution is 2.56. The van der Waals surface area contributed by atoms with Gasteiger partial charge in [-0.15, -0.1) is 0 Å². The molecule has 0 radical (unpaired) electrons. The SMILES string of the molecule is c1ccc(OP2Oc3ccccc3O2)c(OP2Oc3ccccc3O2)c1. The minimum absolute atomic E-state index is 0.497. The van der Waals surface area contributed by atoms with E-state index in [0.717, 1.165) is 0 Å². The second kappa shape index (κ2) is 6.56. The van der Waals surface area contributed by atoms with Gasteiger partial charge in [0.05, 0.1) is 0 Å². The van der Waals surface area contributed by atoms with Crippen molar-refractivity contribution in [2.75, 3.05) is 0 Å². The Balaban J connectivity index is 1.30. The topological polar surface area (TPSA) is 55.4 Å². The molecule has 0 bridgehead atoms. The van der Waals surface area contributed by atoms with Crippen molar-refractivity contribution < 1.29 is 27.1 Å². The third-order valence-corrected chi connectivity index (χ3v) is 5.66. The summed E-state index contributed by atoms with van der Waals surface area (Å²) < 4.78 is 34.5. The molecule has 0 saturated heterocycles. The second-order valence-electron chi connectivity index (χ2n) is 5.34. The van der Waals surface area contributed by atoms with Crippen molar-refractivity contribution in [1.29, 1.82) is 0 Å². The van der Waals surface area contributed by atoms with E-state index in [1.54, 1.807) is 12.1 Å². The molecule has 0 aliphatic carbocycles. The molecule has 2 aliphatic rings. The summed E-state index contributed by atoms with van der Waals surface area (Å²) in [6.07, 6.45) is 0. The maximum absolute atomic E-state index is 5.87. The number of fused-ring (bicyclic) bond motifs is 2. The Morgan fingerprint density at radius 3 is 1.12 bits per heavy atom. The molecule has 8 heteroatoms. The Hall–Kier alpha value is -2.68.